The Labute approximate surface area is 97.4 Å². The molecule has 0 fully saturated rings. The lowest BCUT2D eigenvalue weighted by atomic mass is 9.97. The summed E-state index contributed by atoms with van der Waals surface area (Å²) >= 11 is 3.29. The molecule has 1 rings (SSSR count). The third-order valence-electron chi connectivity index (χ3n) is 2.24. The normalized spacial score (nSPS) is 14.0. The molecule has 84 valence electrons. The Morgan fingerprint density at radius 1 is 1.53 bits per heavy atom. The average molecular weight is 276 g/mol. The lowest BCUT2D eigenvalue weighted by Crippen LogP contribution is -2.13. The molecule has 1 aromatic rings. The van der Waals surface area contributed by atoms with Crippen molar-refractivity contribution < 1.29 is 9.50 Å². The Morgan fingerprint density at radius 3 is 2.53 bits per heavy atom. The number of hydrogen-bond acceptors (Lipinski definition) is 2. The zero-order chi connectivity index (χ0) is 11.6. The van der Waals surface area contributed by atoms with Gasteiger partial charge in [-0.1, -0.05) is 28.1 Å². The number of halogens is 2. The Morgan fingerprint density at radius 2 is 2.13 bits per heavy atom. The van der Waals surface area contributed by atoms with E-state index in [1.165, 1.54) is 13.8 Å². The number of nitrogens with two attached hydrogens (primary N) is 1. The second-order valence-electron chi connectivity index (χ2n) is 3.96. The molecule has 0 amide bonds. The van der Waals surface area contributed by atoms with Crippen LogP contribution in [0.4, 0.5) is 4.39 Å². The van der Waals surface area contributed by atoms with Gasteiger partial charge in [0.25, 0.3) is 0 Å². The Balaban J connectivity index is 3.09. The molecule has 2 nitrogen and oxygen atoms in total. The van der Waals surface area contributed by atoms with Crippen LogP contribution in [-0.2, 0) is 5.67 Å². The zero-order valence-electron chi connectivity index (χ0n) is 8.80. The van der Waals surface area contributed by atoms with Gasteiger partial charge >= 0.3 is 0 Å². The van der Waals surface area contributed by atoms with Crippen LogP contribution in [0.25, 0.3) is 0 Å². The molecule has 0 spiro atoms. The third-order valence-corrected chi connectivity index (χ3v) is 2.90. The Hall–Kier alpha value is -0.450. The molecule has 0 aliphatic rings. The second-order valence-corrected chi connectivity index (χ2v) is 4.82. The van der Waals surface area contributed by atoms with Crippen molar-refractivity contribution in [3.05, 3.63) is 33.8 Å². The summed E-state index contributed by atoms with van der Waals surface area (Å²) in [5.41, 5.74) is 5.20. The van der Waals surface area contributed by atoms with Crippen molar-refractivity contribution in [2.45, 2.75) is 25.6 Å². The first kappa shape index (κ1) is 12.6. The van der Waals surface area contributed by atoms with E-state index in [4.69, 9.17) is 5.73 Å². The number of rotatable bonds is 3. The fraction of sp³-hybridized carbons (Fsp3) is 0.455. The molecule has 0 saturated carbocycles. The van der Waals surface area contributed by atoms with Crippen LogP contribution in [-0.4, -0.2) is 11.7 Å². The van der Waals surface area contributed by atoms with Gasteiger partial charge in [-0.3, -0.25) is 0 Å². The molecule has 0 saturated heterocycles. The molecule has 0 bridgehead atoms. The fourth-order valence-electron chi connectivity index (χ4n) is 1.36. The number of benzene rings is 1. The van der Waals surface area contributed by atoms with E-state index in [0.29, 0.717) is 15.6 Å². The van der Waals surface area contributed by atoms with E-state index in [2.05, 4.69) is 15.9 Å². The van der Waals surface area contributed by atoms with Gasteiger partial charge in [-0.2, -0.15) is 0 Å². The molecule has 1 unspecified atom stereocenters. The summed E-state index contributed by atoms with van der Waals surface area (Å²) in [5.74, 6) is 0. The predicted molar refractivity (Wildman–Crippen MR) is 62.3 cm³/mol. The Kier molecular flexibility index (Phi) is 3.87. The summed E-state index contributed by atoms with van der Waals surface area (Å²) in [5, 5.41) is 9.51. The lowest BCUT2D eigenvalue weighted by Gasteiger charge is -2.18. The molecule has 1 atom stereocenters. The maximum absolute atomic E-state index is 13.7. The first-order valence-corrected chi connectivity index (χ1v) is 5.52. The lowest BCUT2D eigenvalue weighted by molar-refractivity contribution is 0.186. The van der Waals surface area contributed by atoms with Gasteiger partial charge in [0.15, 0.2) is 0 Å². The zero-order valence-corrected chi connectivity index (χ0v) is 10.4. The van der Waals surface area contributed by atoms with Crippen molar-refractivity contribution in [2.75, 3.05) is 6.54 Å². The van der Waals surface area contributed by atoms with Crippen molar-refractivity contribution >= 4 is 15.9 Å². The summed E-state index contributed by atoms with van der Waals surface area (Å²) in [6.07, 6.45) is -0.696. The van der Waals surface area contributed by atoms with Crippen LogP contribution in [0.2, 0.25) is 0 Å². The van der Waals surface area contributed by atoms with Crippen LogP contribution in [0.3, 0.4) is 0 Å². The van der Waals surface area contributed by atoms with Gasteiger partial charge in [-0.15, -0.1) is 0 Å². The van der Waals surface area contributed by atoms with Gasteiger partial charge in [0, 0.05) is 16.6 Å². The molecule has 0 radical (unpaired) electrons. The highest BCUT2D eigenvalue weighted by Crippen LogP contribution is 2.32. The van der Waals surface area contributed by atoms with Crippen LogP contribution >= 0.6 is 15.9 Å². The molecule has 0 aromatic heterocycles. The molecule has 4 heteroatoms. The first-order chi connectivity index (χ1) is 6.86. The van der Waals surface area contributed by atoms with Crippen LogP contribution in [0, 0.1) is 0 Å². The smallest absolute Gasteiger partial charge is 0.131 e. The quantitative estimate of drug-likeness (QED) is 0.891. The topological polar surface area (TPSA) is 46.2 Å². The summed E-state index contributed by atoms with van der Waals surface area (Å²) in [6.45, 7) is 3.14. The molecule has 15 heavy (non-hydrogen) atoms. The third kappa shape index (κ3) is 3.00. The summed E-state index contributed by atoms with van der Waals surface area (Å²) in [4.78, 5) is 0. The minimum atomic E-state index is -1.40. The van der Waals surface area contributed by atoms with E-state index in [1.54, 1.807) is 18.2 Å². The first-order valence-electron chi connectivity index (χ1n) is 4.73. The molecule has 0 aliphatic heterocycles. The summed E-state index contributed by atoms with van der Waals surface area (Å²) < 4.78 is 14.3. The fourth-order valence-corrected chi connectivity index (χ4v) is 2.22. The Bertz CT molecular complexity index is 349. The van der Waals surface area contributed by atoms with Gasteiger partial charge in [0.2, 0.25) is 0 Å². The average Bonchev–Trinajstić information content (AvgIpc) is 2.14. The molecule has 3 N–H and O–H groups in total. The summed E-state index contributed by atoms with van der Waals surface area (Å²) in [6, 6.07) is 5.06. The highest BCUT2D eigenvalue weighted by molar-refractivity contribution is 9.10. The van der Waals surface area contributed by atoms with Gasteiger partial charge in [-0.05, 0) is 25.5 Å². The number of aliphatic hydroxyl groups is 1. The molecule has 0 heterocycles. The SMILES string of the molecule is CC(C)(F)c1ccc(C(O)CN)cc1Br. The van der Waals surface area contributed by atoms with Crippen molar-refractivity contribution in [3.8, 4) is 0 Å². The predicted octanol–water partition coefficient (Wildman–Crippen LogP) is 2.65. The minimum absolute atomic E-state index is 0.158. The van der Waals surface area contributed by atoms with E-state index in [1.807, 2.05) is 0 Å². The van der Waals surface area contributed by atoms with Crippen molar-refractivity contribution in [2.24, 2.45) is 5.73 Å². The van der Waals surface area contributed by atoms with Gasteiger partial charge < -0.3 is 10.8 Å². The van der Waals surface area contributed by atoms with Crippen LogP contribution in [0.5, 0.6) is 0 Å². The second kappa shape index (κ2) is 4.60. The van der Waals surface area contributed by atoms with Crippen molar-refractivity contribution in [1.29, 1.82) is 0 Å². The number of aliphatic hydroxyl groups excluding tert-OH is 1. The van der Waals surface area contributed by atoms with Crippen molar-refractivity contribution in [1.82, 2.24) is 0 Å². The van der Waals surface area contributed by atoms with Gasteiger partial charge in [-0.25, -0.2) is 4.39 Å². The minimum Gasteiger partial charge on any atom is -0.387 e. The monoisotopic (exact) mass is 275 g/mol. The molecule has 1 aromatic carbocycles. The van der Waals surface area contributed by atoms with E-state index in [0.717, 1.165) is 0 Å². The van der Waals surface area contributed by atoms with Gasteiger partial charge in [0.05, 0.1) is 6.10 Å². The number of alkyl halides is 1. The number of hydrogen-bond donors (Lipinski definition) is 2. The molecule has 0 aliphatic carbocycles. The van der Waals surface area contributed by atoms with E-state index in [9.17, 15) is 9.50 Å². The highest BCUT2D eigenvalue weighted by atomic mass is 79.9. The maximum atomic E-state index is 13.7. The van der Waals surface area contributed by atoms with Gasteiger partial charge in [0.1, 0.15) is 5.67 Å². The maximum Gasteiger partial charge on any atom is 0.131 e. The van der Waals surface area contributed by atoms with Crippen LogP contribution in [0.15, 0.2) is 22.7 Å². The molecular weight excluding hydrogens is 261 g/mol. The largest absolute Gasteiger partial charge is 0.387 e. The molecular formula is C11H15BrFNO. The van der Waals surface area contributed by atoms with Crippen LogP contribution < -0.4 is 5.73 Å². The van der Waals surface area contributed by atoms with Crippen LogP contribution in [0.1, 0.15) is 31.1 Å². The standard InChI is InChI=1S/C11H15BrFNO/c1-11(2,13)8-4-3-7(5-9(8)12)10(15)6-14/h3-5,10,15H,6,14H2,1-2H3. The van der Waals surface area contributed by atoms with Crippen molar-refractivity contribution in [3.63, 3.8) is 0 Å². The van der Waals surface area contributed by atoms with E-state index in [-0.39, 0.29) is 6.54 Å². The highest BCUT2D eigenvalue weighted by Gasteiger charge is 2.22. The van der Waals surface area contributed by atoms with E-state index < -0.39 is 11.8 Å². The van der Waals surface area contributed by atoms with E-state index >= 15 is 0 Å². The summed E-state index contributed by atoms with van der Waals surface area (Å²) in [7, 11) is 0.